The smallest absolute Gasteiger partial charge is 0.269 e. The van der Waals surface area contributed by atoms with Crippen molar-refractivity contribution in [2.24, 2.45) is 0 Å². The molecule has 0 bridgehead atoms. The zero-order valence-electron chi connectivity index (χ0n) is 12.8. The maximum atomic E-state index is 12.2. The Morgan fingerprint density at radius 1 is 1.00 bits per heavy atom. The van der Waals surface area contributed by atoms with Gasteiger partial charge in [-0.25, -0.2) is 5.10 Å². The van der Waals surface area contributed by atoms with Gasteiger partial charge in [0.25, 0.3) is 17.2 Å². The summed E-state index contributed by atoms with van der Waals surface area (Å²) in [5.41, 5.74) is 1.91. The van der Waals surface area contributed by atoms with Gasteiger partial charge in [-0.3, -0.25) is 19.7 Å². The van der Waals surface area contributed by atoms with Crippen molar-refractivity contribution in [1.29, 1.82) is 0 Å². The number of nitro benzene ring substituents is 1. The second-order valence-electron chi connectivity index (χ2n) is 5.14. The lowest BCUT2D eigenvalue weighted by atomic mass is 10.1. The van der Waals surface area contributed by atoms with Crippen LogP contribution in [0.15, 0.2) is 65.5 Å². The molecule has 124 valence electrons. The zero-order valence-corrected chi connectivity index (χ0v) is 12.8. The van der Waals surface area contributed by atoms with Crippen LogP contribution in [0.5, 0.6) is 0 Å². The van der Waals surface area contributed by atoms with Crippen molar-refractivity contribution < 1.29 is 9.72 Å². The number of benzene rings is 2. The Kier molecular flexibility index (Phi) is 4.34. The minimum Gasteiger partial charge on any atom is -0.322 e. The third-order valence-corrected chi connectivity index (χ3v) is 3.46. The standard InChI is InChI=1S/C17H12N4O4/c22-16-10-9-15(19-20-16)11-1-5-13(6-2-11)18-17(23)12-3-7-14(8-4-12)21(24)25/h1-10H,(H,18,23)(H,20,22). The normalized spacial score (nSPS) is 10.2. The first-order valence-corrected chi connectivity index (χ1v) is 7.25. The van der Waals surface area contributed by atoms with Crippen LogP contribution < -0.4 is 10.9 Å². The van der Waals surface area contributed by atoms with Crippen LogP contribution >= 0.6 is 0 Å². The van der Waals surface area contributed by atoms with Crippen LogP contribution in [-0.2, 0) is 0 Å². The Bertz CT molecular complexity index is 958. The van der Waals surface area contributed by atoms with E-state index >= 15 is 0 Å². The molecule has 0 unspecified atom stereocenters. The van der Waals surface area contributed by atoms with Gasteiger partial charge < -0.3 is 5.32 Å². The molecule has 25 heavy (non-hydrogen) atoms. The molecule has 1 amide bonds. The van der Waals surface area contributed by atoms with Gasteiger partial charge in [0.15, 0.2) is 0 Å². The molecule has 0 saturated carbocycles. The molecule has 0 aliphatic heterocycles. The van der Waals surface area contributed by atoms with E-state index in [2.05, 4.69) is 15.5 Å². The lowest BCUT2D eigenvalue weighted by molar-refractivity contribution is -0.384. The van der Waals surface area contributed by atoms with E-state index in [1.807, 2.05) is 0 Å². The number of amides is 1. The molecule has 0 fully saturated rings. The van der Waals surface area contributed by atoms with Crippen LogP contribution in [0.1, 0.15) is 10.4 Å². The number of carbonyl (C=O) groups excluding carboxylic acids is 1. The summed E-state index contributed by atoms with van der Waals surface area (Å²) in [4.78, 5) is 33.3. The summed E-state index contributed by atoms with van der Waals surface area (Å²) >= 11 is 0. The molecule has 1 heterocycles. The molecule has 0 atom stereocenters. The third kappa shape index (κ3) is 3.75. The Morgan fingerprint density at radius 2 is 1.68 bits per heavy atom. The van der Waals surface area contributed by atoms with Gasteiger partial charge in [0.1, 0.15) is 0 Å². The second-order valence-corrected chi connectivity index (χ2v) is 5.14. The molecule has 8 nitrogen and oxygen atoms in total. The number of non-ortho nitro benzene ring substituents is 1. The minimum absolute atomic E-state index is 0.0747. The van der Waals surface area contributed by atoms with Crippen LogP contribution in [0.2, 0.25) is 0 Å². The fraction of sp³-hybridized carbons (Fsp3) is 0. The van der Waals surface area contributed by atoms with Gasteiger partial charge in [-0.05, 0) is 30.3 Å². The number of nitrogens with zero attached hydrogens (tertiary/aromatic N) is 2. The topological polar surface area (TPSA) is 118 Å². The number of H-pyrrole nitrogens is 1. The van der Waals surface area contributed by atoms with Gasteiger partial charge in [0.2, 0.25) is 0 Å². The number of nitro groups is 1. The average Bonchev–Trinajstić information content (AvgIpc) is 2.63. The highest BCUT2D eigenvalue weighted by Gasteiger charge is 2.10. The SMILES string of the molecule is O=C(Nc1ccc(-c2ccc(=O)[nH]n2)cc1)c1ccc([N+](=O)[O-])cc1. The van der Waals surface area contributed by atoms with E-state index in [4.69, 9.17) is 0 Å². The number of rotatable bonds is 4. The lowest BCUT2D eigenvalue weighted by Crippen LogP contribution is -2.11. The van der Waals surface area contributed by atoms with Gasteiger partial charge in [-0.1, -0.05) is 12.1 Å². The number of hydrogen-bond donors (Lipinski definition) is 2. The molecule has 3 aromatic rings. The van der Waals surface area contributed by atoms with Crippen LogP contribution in [0.25, 0.3) is 11.3 Å². The summed E-state index contributed by atoms with van der Waals surface area (Å²) in [5, 5.41) is 19.6. The second kappa shape index (κ2) is 6.75. The van der Waals surface area contributed by atoms with Gasteiger partial charge >= 0.3 is 0 Å². The zero-order chi connectivity index (χ0) is 17.8. The quantitative estimate of drug-likeness (QED) is 0.561. The van der Waals surface area contributed by atoms with E-state index in [9.17, 15) is 19.7 Å². The fourth-order valence-corrected chi connectivity index (χ4v) is 2.17. The van der Waals surface area contributed by atoms with Crippen LogP contribution in [0.4, 0.5) is 11.4 Å². The van der Waals surface area contributed by atoms with Crippen molar-refractivity contribution in [3.05, 3.63) is 86.7 Å². The number of aromatic amines is 1. The molecular weight excluding hydrogens is 324 g/mol. The molecule has 8 heteroatoms. The number of hydrogen-bond acceptors (Lipinski definition) is 5. The number of carbonyl (C=O) groups is 1. The van der Waals surface area contributed by atoms with E-state index in [-0.39, 0.29) is 17.2 Å². The highest BCUT2D eigenvalue weighted by Crippen LogP contribution is 2.19. The van der Waals surface area contributed by atoms with E-state index in [1.165, 1.54) is 30.3 Å². The molecular formula is C17H12N4O4. The maximum absolute atomic E-state index is 12.2. The molecule has 0 aliphatic rings. The van der Waals surface area contributed by atoms with Crippen LogP contribution in [0.3, 0.4) is 0 Å². The van der Waals surface area contributed by atoms with Crippen molar-refractivity contribution in [2.45, 2.75) is 0 Å². The van der Waals surface area contributed by atoms with E-state index < -0.39 is 4.92 Å². The Balaban J connectivity index is 1.72. The van der Waals surface area contributed by atoms with Gasteiger partial charge in [0, 0.05) is 35.0 Å². The predicted octanol–water partition coefficient (Wildman–Crippen LogP) is 2.60. The predicted molar refractivity (Wildman–Crippen MR) is 91.3 cm³/mol. The molecule has 0 spiro atoms. The first kappa shape index (κ1) is 16.1. The van der Waals surface area contributed by atoms with Crippen molar-refractivity contribution in [3.63, 3.8) is 0 Å². The number of nitrogens with one attached hydrogen (secondary N) is 2. The summed E-state index contributed by atoms with van der Waals surface area (Å²) in [6, 6.07) is 15.2. The number of anilines is 1. The third-order valence-electron chi connectivity index (χ3n) is 3.46. The van der Waals surface area contributed by atoms with Crippen LogP contribution in [0, 0.1) is 10.1 Å². The molecule has 0 saturated heterocycles. The average molecular weight is 336 g/mol. The van der Waals surface area contributed by atoms with Crippen molar-refractivity contribution in [2.75, 3.05) is 5.32 Å². The van der Waals surface area contributed by atoms with E-state index in [0.29, 0.717) is 16.9 Å². The van der Waals surface area contributed by atoms with E-state index in [1.54, 1.807) is 30.3 Å². The van der Waals surface area contributed by atoms with Gasteiger partial charge in [-0.15, -0.1) is 0 Å². The molecule has 2 N–H and O–H groups in total. The highest BCUT2D eigenvalue weighted by atomic mass is 16.6. The summed E-state index contributed by atoms with van der Waals surface area (Å²) in [6.07, 6.45) is 0. The summed E-state index contributed by atoms with van der Waals surface area (Å²) in [6.45, 7) is 0. The Hall–Kier alpha value is -3.81. The fourth-order valence-electron chi connectivity index (χ4n) is 2.17. The van der Waals surface area contributed by atoms with Crippen molar-refractivity contribution >= 4 is 17.3 Å². The number of aromatic nitrogens is 2. The first-order chi connectivity index (χ1) is 12.0. The van der Waals surface area contributed by atoms with Crippen LogP contribution in [-0.4, -0.2) is 21.0 Å². The minimum atomic E-state index is -0.523. The molecule has 0 radical (unpaired) electrons. The molecule has 1 aromatic heterocycles. The summed E-state index contributed by atoms with van der Waals surface area (Å²) in [7, 11) is 0. The van der Waals surface area contributed by atoms with Gasteiger partial charge in [-0.2, -0.15) is 5.10 Å². The van der Waals surface area contributed by atoms with Crippen molar-refractivity contribution in [3.8, 4) is 11.3 Å². The Labute approximate surface area is 141 Å². The largest absolute Gasteiger partial charge is 0.322 e. The maximum Gasteiger partial charge on any atom is 0.269 e. The molecule has 0 aliphatic carbocycles. The van der Waals surface area contributed by atoms with E-state index in [0.717, 1.165) is 5.56 Å². The monoisotopic (exact) mass is 336 g/mol. The summed E-state index contributed by atoms with van der Waals surface area (Å²) < 4.78 is 0. The highest BCUT2D eigenvalue weighted by molar-refractivity contribution is 6.04. The molecule has 2 aromatic carbocycles. The van der Waals surface area contributed by atoms with Gasteiger partial charge in [0.05, 0.1) is 10.6 Å². The lowest BCUT2D eigenvalue weighted by Gasteiger charge is -2.06. The Morgan fingerprint density at radius 3 is 2.24 bits per heavy atom. The summed E-state index contributed by atoms with van der Waals surface area (Å²) in [5.74, 6) is -0.371. The van der Waals surface area contributed by atoms with Crippen molar-refractivity contribution in [1.82, 2.24) is 10.2 Å². The first-order valence-electron chi connectivity index (χ1n) is 7.25. The molecule has 3 rings (SSSR count).